The molecule has 0 saturated carbocycles. The number of piperazine rings is 1. The molecule has 1 aliphatic rings. The number of aryl methyl sites for hydroxylation is 1. The van der Waals surface area contributed by atoms with Gasteiger partial charge >= 0.3 is 12.1 Å². The zero-order valence-corrected chi connectivity index (χ0v) is 23.6. The van der Waals surface area contributed by atoms with E-state index in [4.69, 9.17) is 25.6 Å². The van der Waals surface area contributed by atoms with Crippen molar-refractivity contribution in [3.8, 4) is 0 Å². The number of aromatic nitrogens is 1. The Kier molecular flexibility index (Phi) is 11.5. The molecule has 11 nitrogen and oxygen atoms in total. The van der Waals surface area contributed by atoms with Gasteiger partial charge in [0.25, 0.3) is 10.1 Å². The molecule has 13 heteroatoms. The van der Waals surface area contributed by atoms with Crippen LogP contribution in [0.5, 0.6) is 0 Å². The molecule has 2 heterocycles. The number of nitrogens with zero attached hydrogens (tertiary/aromatic N) is 2. The van der Waals surface area contributed by atoms with Gasteiger partial charge in [0.15, 0.2) is 0 Å². The van der Waals surface area contributed by atoms with Crippen molar-refractivity contribution in [3.05, 3.63) is 58.4 Å². The number of pyridine rings is 1. The lowest BCUT2D eigenvalue weighted by atomic mass is 10.2. The van der Waals surface area contributed by atoms with Crippen LogP contribution in [0.2, 0.25) is 5.02 Å². The highest BCUT2D eigenvalue weighted by atomic mass is 35.5. The normalized spacial score (nSPS) is 15.8. The molecular formula is C25H34ClN3O8S. The van der Waals surface area contributed by atoms with Gasteiger partial charge in [-0.2, -0.15) is 8.42 Å². The summed E-state index contributed by atoms with van der Waals surface area (Å²) in [5, 5.41) is 3.72. The topological polar surface area (TPSA) is 144 Å². The predicted octanol–water partition coefficient (Wildman–Crippen LogP) is 3.49. The van der Waals surface area contributed by atoms with Crippen LogP contribution in [0.25, 0.3) is 0 Å². The molecule has 0 radical (unpaired) electrons. The summed E-state index contributed by atoms with van der Waals surface area (Å²) in [6.07, 6.45) is -0.329. The van der Waals surface area contributed by atoms with E-state index in [0.717, 1.165) is 5.56 Å². The summed E-state index contributed by atoms with van der Waals surface area (Å²) in [7, 11) is -2.73. The Hall–Kier alpha value is -2.77. The number of hydrogen-bond donors (Lipinski definition) is 2. The average Bonchev–Trinajstić information content (AvgIpc) is 2.84. The number of benzene rings is 1. The third-order valence-electron chi connectivity index (χ3n) is 5.10. The number of carbonyl (C=O) groups is 2. The highest BCUT2D eigenvalue weighted by Gasteiger charge is 2.27. The summed E-state index contributed by atoms with van der Waals surface area (Å²) < 4.78 is 45.3. The van der Waals surface area contributed by atoms with Crippen LogP contribution < -0.4 is 5.32 Å². The summed E-state index contributed by atoms with van der Waals surface area (Å²) in [4.78, 5) is 29.5. The summed E-state index contributed by atoms with van der Waals surface area (Å²) >= 11 is 6.11. The van der Waals surface area contributed by atoms with Crippen LogP contribution in [0.3, 0.4) is 0 Å². The molecule has 2 N–H and O–H groups in total. The first-order valence-corrected chi connectivity index (χ1v) is 13.6. The van der Waals surface area contributed by atoms with Crippen molar-refractivity contribution in [1.82, 2.24) is 15.2 Å². The van der Waals surface area contributed by atoms with Gasteiger partial charge in [-0.25, -0.2) is 14.6 Å². The van der Waals surface area contributed by atoms with Crippen molar-refractivity contribution in [1.29, 1.82) is 0 Å². The van der Waals surface area contributed by atoms with Gasteiger partial charge in [-0.3, -0.25) is 4.55 Å². The van der Waals surface area contributed by atoms with Gasteiger partial charge in [0.2, 0.25) is 0 Å². The Morgan fingerprint density at radius 1 is 1.18 bits per heavy atom. The molecular weight excluding hydrogens is 538 g/mol. The SMILES string of the molecule is COC(=O)c1ccc(Cl)c(COC[C@H]2CN(C(=O)OC(C)(C)C)CCN2)n1.Cc1ccc(S(=O)(=O)O)cc1. The number of nitrogens with one attached hydrogen (secondary N) is 1. The van der Waals surface area contributed by atoms with E-state index in [2.05, 4.69) is 15.0 Å². The Labute approximate surface area is 228 Å². The van der Waals surface area contributed by atoms with E-state index in [1.165, 1.54) is 25.3 Å². The first-order valence-electron chi connectivity index (χ1n) is 11.8. The van der Waals surface area contributed by atoms with Gasteiger partial charge in [0.05, 0.1) is 35.9 Å². The molecule has 1 saturated heterocycles. The number of rotatable bonds is 6. The van der Waals surface area contributed by atoms with Gasteiger partial charge in [-0.1, -0.05) is 29.3 Å². The maximum atomic E-state index is 12.2. The summed E-state index contributed by atoms with van der Waals surface area (Å²) in [6.45, 7) is 9.59. The quantitative estimate of drug-likeness (QED) is 0.390. The molecule has 1 aromatic carbocycles. The molecule has 1 fully saturated rings. The Bertz CT molecular complexity index is 1200. The molecule has 0 bridgehead atoms. The number of halogens is 1. The van der Waals surface area contributed by atoms with E-state index in [9.17, 15) is 18.0 Å². The smallest absolute Gasteiger partial charge is 0.410 e. The highest BCUT2D eigenvalue weighted by Crippen LogP contribution is 2.17. The van der Waals surface area contributed by atoms with E-state index in [-0.39, 0.29) is 29.3 Å². The zero-order chi connectivity index (χ0) is 28.5. The van der Waals surface area contributed by atoms with Crippen LogP contribution >= 0.6 is 11.6 Å². The van der Waals surface area contributed by atoms with E-state index < -0.39 is 21.7 Å². The summed E-state index contributed by atoms with van der Waals surface area (Å²) in [6, 6.07) is 9.04. The Morgan fingerprint density at radius 2 is 1.84 bits per heavy atom. The van der Waals surface area contributed by atoms with Crippen LogP contribution in [-0.4, -0.2) is 79.9 Å². The van der Waals surface area contributed by atoms with Crippen LogP contribution in [0.4, 0.5) is 4.79 Å². The predicted molar refractivity (Wildman–Crippen MR) is 141 cm³/mol. The minimum Gasteiger partial charge on any atom is -0.464 e. The fraction of sp³-hybridized carbons (Fsp3) is 0.480. The number of hydrogen-bond acceptors (Lipinski definition) is 9. The van der Waals surface area contributed by atoms with Crippen LogP contribution in [0.15, 0.2) is 41.3 Å². The van der Waals surface area contributed by atoms with Gasteiger partial charge in [-0.05, 0) is 52.0 Å². The van der Waals surface area contributed by atoms with E-state index in [0.29, 0.717) is 37.0 Å². The number of esters is 1. The minimum absolute atomic E-state index is 0.0335. The highest BCUT2D eigenvalue weighted by molar-refractivity contribution is 7.85. The van der Waals surface area contributed by atoms with E-state index in [1.54, 1.807) is 23.1 Å². The van der Waals surface area contributed by atoms with Crippen molar-refractivity contribution >= 4 is 33.8 Å². The first kappa shape index (κ1) is 31.4. The molecule has 0 aliphatic carbocycles. The number of carbonyl (C=O) groups excluding carboxylic acids is 2. The lowest BCUT2D eigenvalue weighted by molar-refractivity contribution is 0.0126. The molecule has 0 spiro atoms. The van der Waals surface area contributed by atoms with Crippen molar-refractivity contribution in [3.63, 3.8) is 0 Å². The van der Waals surface area contributed by atoms with E-state index in [1.807, 2.05) is 27.7 Å². The third kappa shape index (κ3) is 10.5. The van der Waals surface area contributed by atoms with Crippen molar-refractivity contribution < 1.29 is 36.8 Å². The van der Waals surface area contributed by atoms with Gasteiger partial charge < -0.3 is 24.4 Å². The molecule has 3 rings (SSSR count). The largest absolute Gasteiger partial charge is 0.464 e. The lowest BCUT2D eigenvalue weighted by Gasteiger charge is -2.34. The van der Waals surface area contributed by atoms with Gasteiger partial charge in [0.1, 0.15) is 11.3 Å². The monoisotopic (exact) mass is 571 g/mol. The molecule has 1 aliphatic heterocycles. The van der Waals surface area contributed by atoms with Crippen molar-refractivity contribution in [2.75, 3.05) is 33.4 Å². The number of amides is 1. The Morgan fingerprint density at radius 3 is 2.42 bits per heavy atom. The number of methoxy groups -OCH3 is 1. The van der Waals surface area contributed by atoms with Gasteiger partial charge in [-0.15, -0.1) is 0 Å². The van der Waals surface area contributed by atoms with Gasteiger partial charge in [0, 0.05) is 25.7 Å². The first-order chi connectivity index (χ1) is 17.7. The molecule has 1 amide bonds. The maximum absolute atomic E-state index is 12.2. The van der Waals surface area contributed by atoms with Crippen molar-refractivity contribution in [2.45, 2.75) is 50.8 Å². The third-order valence-corrected chi connectivity index (χ3v) is 6.31. The molecule has 2 aromatic rings. The zero-order valence-electron chi connectivity index (χ0n) is 22.1. The molecule has 210 valence electrons. The second-order valence-corrected chi connectivity index (χ2v) is 11.3. The fourth-order valence-electron chi connectivity index (χ4n) is 3.24. The molecule has 1 aromatic heterocycles. The summed E-state index contributed by atoms with van der Waals surface area (Å²) in [5.74, 6) is -0.533. The Balaban J connectivity index is 0.000000384. The van der Waals surface area contributed by atoms with Crippen LogP contribution in [0, 0.1) is 6.92 Å². The molecule has 0 unspecified atom stereocenters. The van der Waals surface area contributed by atoms with E-state index >= 15 is 0 Å². The second-order valence-electron chi connectivity index (χ2n) is 9.50. The van der Waals surface area contributed by atoms with Crippen LogP contribution in [0.1, 0.15) is 42.5 Å². The lowest BCUT2D eigenvalue weighted by Crippen LogP contribution is -2.55. The maximum Gasteiger partial charge on any atom is 0.410 e. The minimum atomic E-state index is -4.02. The summed E-state index contributed by atoms with van der Waals surface area (Å²) in [5.41, 5.74) is 1.06. The second kappa shape index (κ2) is 13.9. The molecule has 1 atom stereocenters. The van der Waals surface area contributed by atoms with Crippen LogP contribution in [-0.2, 0) is 30.9 Å². The number of ether oxygens (including phenoxy) is 3. The molecule has 38 heavy (non-hydrogen) atoms. The average molecular weight is 572 g/mol. The van der Waals surface area contributed by atoms with Crippen molar-refractivity contribution in [2.24, 2.45) is 0 Å². The standard InChI is InChI=1S/C18H26ClN3O5.C7H8O3S/c1-18(2,3)27-17(24)22-8-7-20-12(9-22)10-26-11-15-13(19)5-6-14(21-15)16(23)25-4;1-6-2-4-7(5-3-6)11(8,9)10/h5-6,12,20H,7-11H2,1-4H3;2-5H,1H3,(H,8,9,10)/t12-;/m1./s1. The fourth-order valence-corrected chi connectivity index (χ4v) is 3.88.